The number of aryl methyl sites for hydroxylation is 1. The highest BCUT2D eigenvalue weighted by Crippen LogP contribution is 2.36. The Hall–Kier alpha value is -2.89. The maximum absolute atomic E-state index is 11.8. The van der Waals surface area contributed by atoms with Gasteiger partial charge in [-0.2, -0.15) is 0 Å². The zero-order valence-electron chi connectivity index (χ0n) is 23.4. The molecular formula is C32H46O6. The van der Waals surface area contributed by atoms with Gasteiger partial charge in [-0.25, -0.2) is 0 Å². The van der Waals surface area contributed by atoms with E-state index in [1.165, 1.54) is 37.8 Å². The number of benzene rings is 1. The molecule has 1 saturated carbocycles. The van der Waals surface area contributed by atoms with Crippen molar-refractivity contribution in [3.63, 3.8) is 0 Å². The van der Waals surface area contributed by atoms with Crippen molar-refractivity contribution in [3.05, 3.63) is 59.7 Å². The Morgan fingerprint density at radius 1 is 0.974 bits per heavy atom. The van der Waals surface area contributed by atoms with E-state index < -0.39 is 5.97 Å². The fraction of sp³-hybridized carbons (Fsp3) is 0.594. The van der Waals surface area contributed by atoms with Gasteiger partial charge in [0, 0.05) is 32.6 Å². The number of esters is 2. The second kappa shape index (κ2) is 17.6. The van der Waals surface area contributed by atoms with Gasteiger partial charge in [-0.05, 0) is 61.6 Å². The van der Waals surface area contributed by atoms with Crippen LogP contribution in [0.4, 0.5) is 0 Å². The number of carbonyl (C=O) groups excluding carboxylic acids is 2. The van der Waals surface area contributed by atoms with Crippen molar-refractivity contribution in [2.24, 2.45) is 11.8 Å². The van der Waals surface area contributed by atoms with E-state index in [9.17, 15) is 14.4 Å². The van der Waals surface area contributed by atoms with Gasteiger partial charge in [-0.1, -0.05) is 75.1 Å². The number of aliphatic carboxylic acids is 1. The highest BCUT2D eigenvalue weighted by atomic mass is 16.5. The maximum Gasteiger partial charge on any atom is 0.303 e. The second-order valence-corrected chi connectivity index (χ2v) is 10.4. The Labute approximate surface area is 228 Å². The quantitative estimate of drug-likeness (QED) is 0.142. The molecule has 0 aromatic heterocycles. The van der Waals surface area contributed by atoms with Crippen LogP contribution in [-0.4, -0.2) is 35.2 Å². The van der Waals surface area contributed by atoms with Crippen LogP contribution >= 0.6 is 0 Å². The number of hydrogen-bond acceptors (Lipinski definition) is 5. The minimum Gasteiger partial charge on any atom is -0.481 e. The SMILES string of the molecule is CCCCCc1ccccc1CC(C=CC=CC1CCCCC1C(CCCC(=O)O)OC(C)=O)OC(C)=O. The van der Waals surface area contributed by atoms with Crippen molar-refractivity contribution in [1.29, 1.82) is 0 Å². The Bertz CT molecular complexity index is 934. The number of rotatable bonds is 16. The molecule has 0 amide bonds. The van der Waals surface area contributed by atoms with E-state index in [1.807, 2.05) is 24.3 Å². The van der Waals surface area contributed by atoms with Crippen molar-refractivity contribution < 1.29 is 29.0 Å². The summed E-state index contributed by atoms with van der Waals surface area (Å²) >= 11 is 0. The zero-order chi connectivity index (χ0) is 27.8. The third kappa shape index (κ3) is 12.1. The van der Waals surface area contributed by atoms with E-state index in [4.69, 9.17) is 14.6 Å². The summed E-state index contributed by atoms with van der Waals surface area (Å²) in [5.41, 5.74) is 2.52. The Kier molecular flexibility index (Phi) is 14.5. The molecule has 1 N–H and O–H groups in total. The van der Waals surface area contributed by atoms with Crippen molar-refractivity contribution in [2.75, 3.05) is 0 Å². The molecule has 0 bridgehead atoms. The molecular weight excluding hydrogens is 480 g/mol. The summed E-state index contributed by atoms with van der Waals surface area (Å²) in [5.74, 6) is -1.04. The maximum atomic E-state index is 11.8. The summed E-state index contributed by atoms with van der Waals surface area (Å²) in [6.07, 6.45) is 17.9. The van der Waals surface area contributed by atoms with Gasteiger partial charge in [0.2, 0.25) is 0 Å². The summed E-state index contributed by atoms with van der Waals surface area (Å²) in [5, 5.41) is 9.01. The van der Waals surface area contributed by atoms with Crippen LogP contribution in [0.2, 0.25) is 0 Å². The molecule has 1 aliphatic carbocycles. The van der Waals surface area contributed by atoms with Gasteiger partial charge in [-0.15, -0.1) is 0 Å². The lowest BCUT2D eigenvalue weighted by Gasteiger charge is -2.35. The smallest absolute Gasteiger partial charge is 0.303 e. The predicted octanol–water partition coefficient (Wildman–Crippen LogP) is 7.00. The van der Waals surface area contributed by atoms with E-state index in [2.05, 4.69) is 31.2 Å². The van der Waals surface area contributed by atoms with Crippen LogP contribution in [0.25, 0.3) is 0 Å². The van der Waals surface area contributed by atoms with Crippen LogP contribution in [0.1, 0.15) is 96.1 Å². The van der Waals surface area contributed by atoms with E-state index in [1.54, 1.807) is 0 Å². The zero-order valence-corrected chi connectivity index (χ0v) is 23.4. The molecule has 1 aromatic carbocycles. The van der Waals surface area contributed by atoms with Gasteiger partial charge >= 0.3 is 17.9 Å². The molecule has 0 saturated heterocycles. The molecule has 6 nitrogen and oxygen atoms in total. The number of ether oxygens (including phenoxy) is 2. The first-order chi connectivity index (χ1) is 18.3. The van der Waals surface area contributed by atoms with Crippen molar-refractivity contribution in [1.82, 2.24) is 0 Å². The Balaban J connectivity index is 2.09. The highest BCUT2D eigenvalue weighted by Gasteiger charge is 2.32. The average molecular weight is 527 g/mol. The average Bonchev–Trinajstić information content (AvgIpc) is 2.86. The molecule has 0 radical (unpaired) electrons. The molecule has 6 heteroatoms. The topological polar surface area (TPSA) is 89.9 Å². The minimum atomic E-state index is -0.831. The molecule has 2 rings (SSSR count). The number of carboxylic acid groups (broad SMARTS) is 1. The number of hydrogen-bond donors (Lipinski definition) is 1. The fourth-order valence-corrected chi connectivity index (χ4v) is 5.46. The molecule has 4 unspecified atom stereocenters. The van der Waals surface area contributed by atoms with Gasteiger partial charge in [0.25, 0.3) is 0 Å². The number of allylic oxidation sites excluding steroid dienone is 3. The molecule has 1 fully saturated rings. The Morgan fingerprint density at radius 2 is 1.68 bits per heavy atom. The molecule has 4 atom stereocenters. The second-order valence-electron chi connectivity index (χ2n) is 10.4. The highest BCUT2D eigenvalue weighted by molar-refractivity contribution is 5.67. The van der Waals surface area contributed by atoms with Crippen molar-refractivity contribution >= 4 is 17.9 Å². The van der Waals surface area contributed by atoms with E-state index >= 15 is 0 Å². The first kappa shape index (κ1) is 31.3. The number of carboxylic acids is 1. The molecule has 1 aromatic rings. The van der Waals surface area contributed by atoms with Crippen LogP contribution in [0, 0.1) is 11.8 Å². The molecule has 210 valence electrons. The van der Waals surface area contributed by atoms with Gasteiger partial charge in [-0.3, -0.25) is 14.4 Å². The summed E-state index contributed by atoms with van der Waals surface area (Å²) < 4.78 is 11.3. The lowest BCUT2D eigenvalue weighted by atomic mass is 9.75. The van der Waals surface area contributed by atoms with E-state index in [0.717, 1.165) is 38.5 Å². The first-order valence-electron chi connectivity index (χ1n) is 14.3. The minimum absolute atomic E-state index is 0.0764. The summed E-state index contributed by atoms with van der Waals surface area (Å²) in [6.45, 7) is 5.06. The van der Waals surface area contributed by atoms with Crippen LogP contribution in [0.5, 0.6) is 0 Å². The third-order valence-corrected chi connectivity index (χ3v) is 7.25. The third-order valence-electron chi connectivity index (χ3n) is 7.25. The number of unbranched alkanes of at least 4 members (excludes halogenated alkanes) is 2. The van der Waals surface area contributed by atoms with Crippen LogP contribution in [-0.2, 0) is 36.7 Å². The molecule has 1 aliphatic rings. The monoisotopic (exact) mass is 526 g/mol. The van der Waals surface area contributed by atoms with Crippen LogP contribution < -0.4 is 0 Å². The predicted molar refractivity (Wildman–Crippen MR) is 150 cm³/mol. The van der Waals surface area contributed by atoms with Crippen LogP contribution in [0.15, 0.2) is 48.6 Å². The fourth-order valence-electron chi connectivity index (χ4n) is 5.46. The summed E-state index contributed by atoms with van der Waals surface area (Å²) in [6, 6.07) is 8.38. The van der Waals surface area contributed by atoms with Gasteiger partial charge < -0.3 is 14.6 Å². The summed E-state index contributed by atoms with van der Waals surface area (Å²) in [4.78, 5) is 34.5. The van der Waals surface area contributed by atoms with E-state index in [-0.39, 0.29) is 42.4 Å². The largest absolute Gasteiger partial charge is 0.481 e. The Morgan fingerprint density at radius 3 is 2.37 bits per heavy atom. The van der Waals surface area contributed by atoms with Crippen molar-refractivity contribution in [3.8, 4) is 0 Å². The molecule has 0 heterocycles. The van der Waals surface area contributed by atoms with Gasteiger partial charge in [0.1, 0.15) is 12.2 Å². The lowest BCUT2D eigenvalue weighted by Crippen LogP contribution is -2.33. The molecule has 0 spiro atoms. The van der Waals surface area contributed by atoms with Gasteiger partial charge in [0.15, 0.2) is 0 Å². The van der Waals surface area contributed by atoms with Crippen molar-refractivity contribution in [2.45, 2.75) is 110 Å². The first-order valence-corrected chi connectivity index (χ1v) is 14.3. The van der Waals surface area contributed by atoms with Gasteiger partial charge in [0.05, 0.1) is 0 Å². The standard InChI is InChI=1S/C32H46O6/c1-4-5-6-14-26-15-7-8-18-28(26)23-29(37-24(2)33)19-11-9-16-27-17-10-12-20-30(27)31(38-25(3)34)21-13-22-32(35)36/h7-9,11,15-16,18-19,27,29-31H,4-6,10,12-14,17,20-23H2,1-3H3,(H,35,36). The lowest BCUT2D eigenvalue weighted by molar-refractivity contribution is -0.151. The molecule has 38 heavy (non-hydrogen) atoms. The van der Waals surface area contributed by atoms with E-state index in [0.29, 0.717) is 19.3 Å². The van der Waals surface area contributed by atoms with Crippen LogP contribution in [0.3, 0.4) is 0 Å². The number of carbonyl (C=O) groups is 3. The normalized spacial score (nSPS) is 19.3. The molecule has 0 aliphatic heterocycles. The summed E-state index contributed by atoms with van der Waals surface area (Å²) in [7, 11) is 0.